The van der Waals surface area contributed by atoms with Gasteiger partial charge in [0.2, 0.25) is 0 Å². The zero-order valence-electron chi connectivity index (χ0n) is 8.37. The third kappa shape index (κ3) is 1.84. The lowest BCUT2D eigenvalue weighted by Gasteiger charge is -2.06. The summed E-state index contributed by atoms with van der Waals surface area (Å²) >= 11 is 0. The molecule has 0 amide bonds. The SMILES string of the molecule is Cc1c(F)cccc1-c1cccc(O)c1. The van der Waals surface area contributed by atoms with Gasteiger partial charge in [0.05, 0.1) is 0 Å². The molecule has 1 N–H and O–H groups in total. The molecule has 15 heavy (non-hydrogen) atoms. The summed E-state index contributed by atoms with van der Waals surface area (Å²) in [4.78, 5) is 0. The summed E-state index contributed by atoms with van der Waals surface area (Å²) in [6.45, 7) is 1.73. The van der Waals surface area contributed by atoms with Crippen LogP contribution in [0.4, 0.5) is 4.39 Å². The zero-order valence-corrected chi connectivity index (χ0v) is 8.37. The summed E-state index contributed by atoms with van der Waals surface area (Å²) in [5, 5.41) is 9.34. The number of benzene rings is 2. The molecule has 2 rings (SSSR count). The molecule has 2 aromatic carbocycles. The van der Waals surface area contributed by atoms with Gasteiger partial charge in [-0.25, -0.2) is 4.39 Å². The number of phenolic OH excluding ortho intramolecular Hbond substituents is 1. The Bertz CT molecular complexity index is 492. The highest BCUT2D eigenvalue weighted by molar-refractivity contribution is 5.68. The third-order valence-electron chi connectivity index (χ3n) is 2.42. The van der Waals surface area contributed by atoms with Crippen LogP contribution < -0.4 is 0 Å². The average molecular weight is 202 g/mol. The summed E-state index contributed by atoms with van der Waals surface area (Å²) in [5.74, 6) is -0.0352. The molecule has 0 unspecified atom stereocenters. The lowest BCUT2D eigenvalue weighted by atomic mass is 10.0. The van der Waals surface area contributed by atoms with Gasteiger partial charge in [-0.1, -0.05) is 24.3 Å². The van der Waals surface area contributed by atoms with E-state index in [0.717, 1.165) is 11.1 Å². The number of hydrogen-bond acceptors (Lipinski definition) is 1. The largest absolute Gasteiger partial charge is 0.508 e. The molecule has 0 spiro atoms. The van der Waals surface area contributed by atoms with Crippen molar-refractivity contribution in [3.8, 4) is 16.9 Å². The van der Waals surface area contributed by atoms with Crippen LogP contribution >= 0.6 is 0 Å². The van der Waals surface area contributed by atoms with Gasteiger partial charge in [0.25, 0.3) is 0 Å². The molecule has 0 aromatic heterocycles. The van der Waals surface area contributed by atoms with Gasteiger partial charge in [-0.15, -0.1) is 0 Å². The minimum Gasteiger partial charge on any atom is -0.508 e. The summed E-state index contributed by atoms with van der Waals surface area (Å²) in [7, 11) is 0. The zero-order chi connectivity index (χ0) is 10.8. The van der Waals surface area contributed by atoms with Gasteiger partial charge in [0, 0.05) is 0 Å². The summed E-state index contributed by atoms with van der Waals surface area (Å²) in [6.07, 6.45) is 0. The Hall–Kier alpha value is -1.83. The fraction of sp³-hybridized carbons (Fsp3) is 0.0769. The summed E-state index contributed by atoms with van der Waals surface area (Å²) < 4.78 is 13.3. The molecule has 0 radical (unpaired) electrons. The maximum Gasteiger partial charge on any atom is 0.126 e. The number of aromatic hydroxyl groups is 1. The van der Waals surface area contributed by atoms with E-state index in [9.17, 15) is 9.50 Å². The smallest absolute Gasteiger partial charge is 0.126 e. The Balaban J connectivity index is 2.59. The summed E-state index contributed by atoms with van der Waals surface area (Å²) in [5.41, 5.74) is 2.24. The van der Waals surface area contributed by atoms with Crippen molar-refractivity contribution in [3.05, 3.63) is 53.8 Å². The molecule has 0 atom stereocenters. The second-order valence-corrected chi connectivity index (χ2v) is 3.46. The monoisotopic (exact) mass is 202 g/mol. The molecule has 0 bridgehead atoms. The first-order valence-corrected chi connectivity index (χ1v) is 4.73. The van der Waals surface area contributed by atoms with Gasteiger partial charge in [0.1, 0.15) is 11.6 Å². The standard InChI is InChI=1S/C13H11FO/c1-9-12(6-3-7-13(9)14)10-4-2-5-11(15)8-10/h2-8,15H,1H3. The van der Waals surface area contributed by atoms with Crippen molar-refractivity contribution in [2.75, 3.05) is 0 Å². The van der Waals surface area contributed by atoms with E-state index in [2.05, 4.69) is 0 Å². The molecule has 0 aliphatic rings. The maximum absolute atomic E-state index is 13.3. The second kappa shape index (κ2) is 3.73. The van der Waals surface area contributed by atoms with Crippen LogP contribution in [-0.4, -0.2) is 5.11 Å². The molecule has 0 heterocycles. The van der Waals surface area contributed by atoms with E-state index in [4.69, 9.17) is 0 Å². The molecule has 2 aromatic rings. The van der Waals surface area contributed by atoms with Crippen molar-refractivity contribution in [1.29, 1.82) is 0 Å². The van der Waals surface area contributed by atoms with Crippen molar-refractivity contribution < 1.29 is 9.50 Å². The second-order valence-electron chi connectivity index (χ2n) is 3.46. The van der Waals surface area contributed by atoms with Gasteiger partial charge in [0.15, 0.2) is 0 Å². The highest BCUT2D eigenvalue weighted by Gasteiger charge is 2.05. The van der Waals surface area contributed by atoms with E-state index in [-0.39, 0.29) is 11.6 Å². The molecule has 2 heteroatoms. The first kappa shape index (κ1) is 9.71. The maximum atomic E-state index is 13.3. The van der Waals surface area contributed by atoms with Crippen LogP contribution in [0.3, 0.4) is 0 Å². The van der Waals surface area contributed by atoms with Gasteiger partial charge in [-0.2, -0.15) is 0 Å². The van der Waals surface area contributed by atoms with Crippen LogP contribution in [-0.2, 0) is 0 Å². The Kier molecular flexibility index (Phi) is 2.42. The number of phenols is 1. The van der Waals surface area contributed by atoms with E-state index in [1.54, 1.807) is 31.2 Å². The van der Waals surface area contributed by atoms with Gasteiger partial charge in [-0.05, 0) is 41.8 Å². The number of halogens is 1. The van der Waals surface area contributed by atoms with Crippen molar-refractivity contribution in [2.24, 2.45) is 0 Å². The summed E-state index contributed by atoms with van der Waals surface area (Å²) in [6, 6.07) is 11.8. The van der Waals surface area contributed by atoms with E-state index < -0.39 is 0 Å². The number of rotatable bonds is 1. The topological polar surface area (TPSA) is 20.2 Å². The first-order chi connectivity index (χ1) is 7.18. The molecular weight excluding hydrogens is 191 g/mol. The minimum absolute atomic E-state index is 0.191. The van der Waals surface area contributed by atoms with Crippen molar-refractivity contribution in [1.82, 2.24) is 0 Å². The molecule has 0 aliphatic carbocycles. The lowest BCUT2D eigenvalue weighted by molar-refractivity contribution is 0.475. The Morgan fingerprint density at radius 1 is 1.07 bits per heavy atom. The lowest BCUT2D eigenvalue weighted by Crippen LogP contribution is -1.87. The Morgan fingerprint density at radius 3 is 2.53 bits per heavy atom. The van der Waals surface area contributed by atoms with Crippen LogP contribution in [0.1, 0.15) is 5.56 Å². The quantitative estimate of drug-likeness (QED) is 0.750. The highest BCUT2D eigenvalue weighted by atomic mass is 19.1. The fourth-order valence-corrected chi connectivity index (χ4v) is 1.59. The molecule has 0 aliphatic heterocycles. The van der Waals surface area contributed by atoms with E-state index in [1.807, 2.05) is 12.1 Å². The van der Waals surface area contributed by atoms with E-state index >= 15 is 0 Å². The minimum atomic E-state index is -0.226. The van der Waals surface area contributed by atoms with Crippen LogP contribution in [0.5, 0.6) is 5.75 Å². The van der Waals surface area contributed by atoms with Crippen LogP contribution in [0, 0.1) is 12.7 Å². The van der Waals surface area contributed by atoms with Crippen molar-refractivity contribution in [2.45, 2.75) is 6.92 Å². The third-order valence-corrected chi connectivity index (χ3v) is 2.42. The van der Waals surface area contributed by atoms with Gasteiger partial charge in [-0.3, -0.25) is 0 Å². The van der Waals surface area contributed by atoms with Crippen LogP contribution in [0.2, 0.25) is 0 Å². The first-order valence-electron chi connectivity index (χ1n) is 4.73. The molecule has 0 fully saturated rings. The van der Waals surface area contributed by atoms with Crippen LogP contribution in [0.15, 0.2) is 42.5 Å². The van der Waals surface area contributed by atoms with Crippen molar-refractivity contribution >= 4 is 0 Å². The molecule has 0 saturated heterocycles. The predicted molar refractivity (Wildman–Crippen MR) is 58.2 cm³/mol. The Morgan fingerprint density at radius 2 is 1.80 bits per heavy atom. The molecule has 76 valence electrons. The number of hydrogen-bond donors (Lipinski definition) is 1. The molecule has 0 saturated carbocycles. The molecule has 1 nitrogen and oxygen atoms in total. The predicted octanol–water partition coefficient (Wildman–Crippen LogP) is 3.51. The van der Waals surface area contributed by atoms with E-state index in [1.165, 1.54) is 6.07 Å². The van der Waals surface area contributed by atoms with Crippen LogP contribution in [0.25, 0.3) is 11.1 Å². The van der Waals surface area contributed by atoms with Gasteiger partial charge < -0.3 is 5.11 Å². The van der Waals surface area contributed by atoms with Crippen molar-refractivity contribution in [3.63, 3.8) is 0 Å². The highest BCUT2D eigenvalue weighted by Crippen LogP contribution is 2.27. The average Bonchev–Trinajstić information content (AvgIpc) is 2.22. The Labute approximate surface area is 87.8 Å². The van der Waals surface area contributed by atoms with Gasteiger partial charge >= 0.3 is 0 Å². The fourth-order valence-electron chi connectivity index (χ4n) is 1.59. The molecular formula is C13H11FO. The van der Waals surface area contributed by atoms with E-state index in [0.29, 0.717) is 5.56 Å². The normalized spacial score (nSPS) is 10.3.